The SMILES string of the molecule is c1ccc(-c2ccccc2-c2cn3ccc4ccccc4c3n2)cc1. The van der Waals surface area contributed by atoms with Crippen LogP contribution in [0.15, 0.2) is 97.3 Å². The lowest BCUT2D eigenvalue weighted by Gasteiger charge is -2.07. The Morgan fingerprint density at radius 2 is 1.36 bits per heavy atom. The van der Waals surface area contributed by atoms with Gasteiger partial charge >= 0.3 is 0 Å². The first-order valence-electron chi connectivity index (χ1n) is 8.41. The van der Waals surface area contributed by atoms with E-state index in [1.54, 1.807) is 0 Å². The monoisotopic (exact) mass is 320 g/mol. The molecular weight excluding hydrogens is 304 g/mol. The van der Waals surface area contributed by atoms with Gasteiger partial charge in [-0.2, -0.15) is 0 Å². The van der Waals surface area contributed by atoms with Gasteiger partial charge < -0.3 is 4.40 Å². The molecule has 5 aromatic rings. The van der Waals surface area contributed by atoms with Gasteiger partial charge in [-0.15, -0.1) is 0 Å². The summed E-state index contributed by atoms with van der Waals surface area (Å²) in [5.41, 5.74) is 5.56. The van der Waals surface area contributed by atoms with Crippen LogP contribution in [0.5, 0.6) is 0 Å². The van der Waals surface area contributed by atoms with Crippen molar-refractivity contribution in [2.75, 3.05) is 0 Å². The molecule has 0 unspecified atom stereocenters. The molecular formula is C23H16N2. The highest BCUT2D eigenvalue weighted by atomic mass is 15.0. The Hall–Kier alpha value is -3.39. The summed E-state index contributed by atoms with van der Waals surface area (Å²) in [7, 11) is 0. The fraction of sp³-hybridized carbons (Fsp3) is 0. The van der Waals surface area contributed by atoms with Crippen LogP contribution in [0.4, 0.5) is 0 Å². The minimum atomic E-state index is 0.996. The zero-order valence-corrected chi connectivity index (χ0v) is 13.6. The molecule has 0 atom stereocenters. The first kappa shape index (κ1) is 14.0. The fourth-order valence-corrected chi connectivity index (χ4v) is 3.42. The molecule has 0 N–H and O–H groups in total. The molecule has 0 saturated heterocycles. The first-order chi connectivity index (χ1) is 12.4. The zero-order chi connectivity index (χ0) is 16.6. The maximum absolute atomic E-state index is 4.96. The van der Waals surface area contributed by atoms with E-state index in [-0.39, 0.29) is 0 Å². The summed E-state index contributed by atoms with van der Waals surface area (Å²) in [6.07, 6.45) is 4.20. The van der Waals surface area contributed by atoms with Crippen LogP contribution >= 0.6 is 0 Å². The molecule has 25 heavy (non-hydrogen) atoms. The molecule has 0 aliphatic carbocycles. The minimum absolute atomic E-state index is 0.996. The second kappa shape index (κ2) is 5.60. The highest BCUT2D eigenvalue weighted by Gasteiger charge is 2.11. The Morgan fingerprint density at radius 3 is 2.24 bits per heavy atom. The second-order valence-electron chi connectivity index (χ2n) is 6.17. The Morgan fingerprint density at radius 1 is 0.640 bits per heavy atom. The van der Waals surface area contributed by atoms with Crippen molar-refractivity contribution in [3.63, 3.8) is 0 Å². The van der Waals surface area contributed by atoms with Crippen LogP contribution in [0.1, 0.15) is 0 Å². The first-order valence-corrected chi connectivity index (χ1v) is 8.41. The van der Waals surface area contributed by atoms with E-state index in [2.05, 4.69) is 95.7 Å². The van der Waals surface area contributed by atoms with Crippen molar-refractivity contribution in [1.82, 2.24) is 9.38 Å². The maximum atomic E-state index is 4.96. The van der Waals surface area contributed by atoms with Gasteiger partial charge in [0.2, 0.25) is 0 Å². The predicted octanol–water partition coefficient (Wildman–Crippen LogP) is 5.82. The molecule has 0 radical (unpaired) electrons. The van der Waals surface area contributed by atoms with Crippen molar-refractivity contribution in [1.29, 1.82) is 0 Å². The minimum Gasteiger partial charge on any atom is -0.306 e. The average molecular weight is 320 g/mol. The van der Waals surface area contributed by atoms with Crippen molar-refractivity contribution >= 4 is 16.4 Å². The van der Waals surface area contributed by atoms with Gasteiger partial charge in [0.25, 0.3) is 0 Å². The Kier molecular flexibility index (Phi) is 3.14. The van der Waals surface area contributed by atoms with Crippen molar-refractivity contribution < 1.29 is 0 Å². The summed E-state index contributed by atoms with van der Waals surface area (Å²) in [6.45, 7) is 0. The van der Waals surface area contributed by atoms with Gasteiger partial charge in [0.1, 0.15) is 5.65 Å². The fourth-order valence-electron chi connectivity index (χ4n) is 3.42. The van der Waals surface area contributed by atoms with E-state index >= 15 is 0 Å². The smallest absolute Gasteiger partial charge is 0.145 e. The molecule has 0 saturated carbocycles. The van der Waals surface area contributed by atoms with Gasteiger partial charge in [-0.3, -0.25) is 0 Å². The van der Waals surface area contributed by atoms with Crippen molar-refractivity contribution in [3.05, 3.63) is 97.3 Å². The Bertz CT molecular complexity index is 1190. The average Bonchev–Trinajstić information content (AvgIpc) is 3.13. The zero-order valence-electron chi connectivity index (χ0n) is 13.6. The van der Waals surface area contributed by atoms with Gasteiger partial charge in [-0.05, 0) is 22.6 Å². The lowest BCUT2D eigenvalue weighted by Crippen LogP contribution is -1.84. The van der Waals surface area contributed by atoms with E-state index in [0.717, 1.165) is 16.9 Å². The number of fused-ring (bicyclic) bond motifs is 3. The van der Waals surface area contributed by atoms with Crippen molar-refractivity contribution in [2.24, 2.45) is 0 Å². The van der Waals surface area contributed by atoms with Crippen LogP contribution in [0.2, 0.25) is 0 Å². The quantitative estimate of drug-likeness (QED) is 0.400. The van der Waals surface area contributed by atoms with E-state index in [9.17, 15) is 0 Å². The van der Waals surface area contributed by atoms with Crippen molar-refractivity contribution in [2.45, 2.75) is 0 Å². The third-order valence-corrected chi connectivity index (χ3v) is 4.64. The number of nitrogens with zero attached hydrogens (tertiary/aromatic N) is 2. The second-order valence-corrected chi connectivity index (χ2v) is 6.17. The van der Waals surface area contributed by atoms with Gasteiger partial charge in [0, 0.05) is 23.3 Å². The van der Waals surface area contributed by atoms with Gasteiger partial charge in [-0.25, -0.2) is 4.98 Å². The molecule has 3 aromatic carbocycles. The molecule has 0 spiro atoms. The van der Waals surface area contributed by atoms with E-state index in [1.807, 2.05) is 6.07 Å². The third-order valence-electron chi connectivity index (χ3n) is 4.64. The molecule has 0 aliphatic heterocycles. The predicted molar refractivity (Wildman–Crippen MR) is 104 cm³/mol. The molecule has 2 heteroatoms. The summed E-state index contributed by atoms with van der Waals surface area (Å²) in [6, 6.07) is 29.5. The molecule has 118 valence electrons. The topological polar surface area (TPSA) is 17.3 Å². The summed E-state index contributed by atoms with van der Waals surface area (Å²) >= 11 is 0. The highest BCUT2D eigenvalue weighted by Crippen LogP contribution is 2.32. The third kappa shape index (κ3) is 2.31. The lowest BCUT2D eigenvalue weighted by atomic mass is 9.98. The van der Waals surface area contributed by atoms with Gasteiger partial charge in [0.15, 0.2) is 0 Å². The summed E-state index contributed by atoms with van der Waals surface area (Å²) in [5, 5.41) is 2.39. The van der Waals surface area contributed by atoms with Crippen LogP contribution in [-0.4, -0.2) is 9.38 Å². The molecule has 0 fully saturated rings. The van der Waals surface area contributed by atoms with E-state index in [4.69, 9.17) is 4.98 Å². The van der Waals surface area contributed by atoms with Crippen LogP contribution < -0.4 is 0 Å². The molecule has 2 aromatic heterocycles. The Balaban J connectivity index is 1.76. The van der Waals surface area contributed by atoms with E-state index < -0.39 is 0 Å². The Labute approximate surface area is 146 Å². The van der Waals surface area contributed by atoms with E-state index in [0.29, 0.717) is 0 Å². The molecule has 5 rings (SSSR count). The summed E-state index contributed by atoms with van der Waals surface area (Å²) < 4.78 is 2.11. The van der Waals surface area contributed by atoms with Gasteiger partial charge in [-0.1, -0.05) is 78.9 Å². The molecule has 0 amide bonds. The van der Waals surface area contributed by atoms with Crippen LogP contribution in [-0.2, 0) is 0 Å². The molecule has 2 nitrogen and oxygen atoms in total. The summed E-state index contributed by atoms with van der Waals surface area (Å²) in [4.78, 5) is 4.96. The number of imidazole rings is 1. The molecule has 0 bridgehead atoms. The summed E-state index contributed by atoms with van der Waals surface area (Å²) in [5.74, 6) is 0. The van der Waals surface area contributed by atoms with Crippen LogP contribution in [0.3, 0.4) is 0 Å². The number of pyridine rings is 1. The number of hydrogen-bond donors (Lipinski definition) is 0. The van der Waals surface area contributed by atoms with Crippen LogP contribution in [0.25, 0.3) is 38.8 Å². The van der Waals surface area contributed by atoms with Gasteiger partial charge in [0.05, 0.1) is 5.69 Å². The van der Waals surface area contributed by atoms with Crippen molar-refractivity contribution in [3.8, 4) is 22.4 Å². The normalized spacial score (nSPS) is 11.2. The molecule has 2 heterocycles. The number of aromatic nitrogens is 2. The largest absolute Gasteiger partial charge is 0.306 e. The number of rotatable bonds is 2. The maximum Gasteiger partial charge on any atom is 0.145 e. The number of benzene rings is 3. The number of hydrogen-bond acceptors (Lipinski definition) is 1. The highest BCUT2D eigenvalue weighted by molar-refractivity contribution is 5.95. The van der Waals surface area contributed by atoms with E-state index in [1.165, 1.54) is 21.9 Å². The standard InChI is InChI=1S/C23H16N2/c1-2-8-17(9-3-1)19-11-6-7-13-21(19)22-16-25-15-14-18-10-4-5-12-20(18)23(25)24-22/h1-16H. The van der Waals surface area contributed by atoms with Crippen LogP contribution in [0, 0.1) is 0 Å². The molecule has 0 aliphatic rings. The lowest BCUT2D eigenvalue weighted by molar-refractivity contribution is 1.20.